The average Bonchev–Trinajstić information content (AvgIpc) is 2.94. The molecule has 1 rings (SSSR count). The topological polar surface area (TPSA) is 15.3 Å². The van der Waals surface area contributed by atoms with E-state index in [4.69, 9.17) is 0 Å². The molecule has 0 atom stereocenters. The number of hydrogen-bond donors (Lipinski definition) is 1. The number of alkyl halides is 3. The summed E-state index contributed by atoms with van der Waals surface area (Å²) < 4.78 is 37.0. The van der Waals surface area contributed by atoms with Gasteiger partial charge in [-0.15, -0.1) is 0 Å². The minimum atomic E-state index is -4.10. The van der Waals surface area contributed by atoms with Crippen LogP contribution in [-0.2, 0) is 0 Å². The molecule has 17 heavy (non-hydrogen) atoms. The first-order chi connectivity index (χ1) is 7.72. The summed E-state index contributed by atoms with van der Waals surface area (Å²) in [5, 5.41) is 3.38. The lowest BCUT2D eigenvalue weighted by Crippen LogP contribution is -2.44. The monoisotopic (exact) mass is 252 g/mol. The predicted molar refractivity (Wildman–Crippen MR) is 63.0 cm³/mol. The van der Waals surface area contributed by atoms with Crippen molar-refractivity contribution in [1.29, 1.82) is 0 Å². The second-order valence-electron chi connectivity index (χ2n) is 5.74. The lowest BCUT2D eigenvalue weighted by atomic mass is 9.92. The van der Waals surface area contributed by atoms with Crippen LogP contribution < -0.4 is 5.32 Å². The molecule has 0 amide bonds. The molecule has 0 spiro atoms. The maximum atomic E-state index is 12.3. The minimum absolute atomic E-state index is 0.121. The summed E-state index contributed by atoms with van der Waals surface area (Å²) in [6.07, 6.45) is -1.69. The van der Waals surface area contributed by atoms with Gasteiger partial charge in [0.2, 0.25) is 0 Å². The second-order valence-corrected chi connectivity index (χ2v) is 5.74. The normalized spacial score (nSPS) is 17.8. The van der Waals surface area contributed by atoms with E-state index < -0.39 is 12.7 Å². The van der Waals surface area contributed by atoms with Crippen molar-refractivity contribution in [2.24, 2.45) is 5.41 Å². The van der Waals surface area contributed by atoms with Crippen molar-refractivity contribution in [1.82, 2.24) is 10.2 Å². The van der Waals surface area contributed by atoms with Gasteiger partial charge >= 0.3 is 6.18 Å². The molecule has 0 aromatic heterocycles. The fourth-order valence-corrected chi connectivity index (χ4v) is 1.90. The van der Waals surface area contributed by atoms with Gasteiger partial charge in [0.25, 0.3) is 0 Å². The molecule has 0 bridgehead atoms. The third kappa shape index (κ3) is 6.88. The Balaban J connectivity index is 2.35. The van der Waals surface area contributed by atoms with Crippen LogP contribution in [0.3, 0.4) is 0 Å². The predicted octanol–water partition coefficient (Wildman–Crippen LogP) is 2.65. The summed E-state index contributed by atoms with van der Waals surface area (Å²) in [4.78, 5) is 1.47. The van der Waals surface area contributed by atoms with Crippen LogP contribution in [0.25, 0.3) is 0 Å². The van der Waals surface area contributed by atoms with Crippen LogP contribution in [-0.4, -0.2) is 43.3 Å². The van der Waals surface area contributed by atoms with Crippen LogP contribution in [0.15, 0.2) is 0 Å². The van der Waals surface area contributed by atoms with Crippen LogP contribution in [0.5, 0.6) is 0 Å². The smallest absolute Gasteiger partial charge is 0.313 e. The molecular weight excluding hydrogens is 229 g/mol. The molecule has 0 saturated heterocycles. The van der Waals surface area contributed by atoms with Crippen molar-refractivity contribution in [2.75, 3.05) is 26.2 Å². The number of nitrogens with zero attached hydrogens (tertiary/aromatic N) is 1. The summed E-state index contributed by atoms with van der Waals surface area (Å²) in [6, 6.07) is 0.604. The van der Waals surface area contributed by atoms with Gasteiger partial charge in [-0.3, -0.25) is 4.90 Å². The third-order valence-electron chi connectivity index (χ3n) is 2.95. The number of rotatable bonds is 7. The zero-order chi connectivity index (χ0) is 13.1. The van der Waals surface area contributed by atoms with E-state index in [-0.39, 0.29) is 5.41 Å². The molecule has 1 saturated carbocycles. The van der Waals surface area contributed by atoms with Gasteiger partial charge in [0.15, 0.2) is 0 Å². The maximum Gasteiger partial charge on any atom is 0.401 e. The fourth-order valence-electron chi connectivity index (χ4n) is 1.90. The number of nitrogens with one attached hydrogen (secondary N) is 1. The summed E-state index contributed by atoms with van der Waals surface area (Å²) in [5.41, 5.74) is -0.121. The largest absolute Gasteiger partial charge is 0.401 e. The highest BCUT2D eigenvalue weighted by molar-refractivity contribution is 4.85. The lowest BCUT2D eigenvalue weighted by Gasteiger charge is -2.32. The Labute approximate surface area is 102 Å². The van der Waals surface area contributed by atoms with Gasteiger partial charge in [-0.05, 0) is 24.8 Å². The number of hydrogen-bond acceptors (Lipinski definition) is 2. The summed E-state index contributed by atoms with van der Waals surface area (Å²) in [6.45, 7) is 6.69. The molecule has 102 valence electrons. The Morgan fingerprint density at radius 3 is 2.18 bits per heavy atom. The summed E-state index contributed by atoms with van der Waals surface area (Å²) in [5.74, 6) is 0. The van der Waals surface area contributed by atoms with Gasteiger partial charge in [-0.1, -0.05) is 20.8 Å². The first-order valence-electron chi connectivity index (χ1n) is 6.24. The quantitative estimate of drug-likeness (QED) is 0.749. The fraction of sp³-hybridized carbons (Fsp3) is 1.00. The zero-order valence-electron chi connectivity index (χ0n) is 10.9. The Bertz CT molecular complexity index is 234. The molecule has 1 aliphatic rings. The van der Waals surface area contributed by atoms with E-state index in [0.29, 0.717) is 19.1 Å². The van der Waals surface area contributed by atoms with Crippen molar-refractivity contribution < 1.29 is 13.2 Å². The molecule has 5 heteroatoms. The molecule has 0 heterocycles. The van der Waals surface area contributed by atoms with Gasteiger partial charge in [-0.25, -0.2) is 0 Å². The van der Waals surface area contributed by atoms with Crippen molar-refractivity contribution in [3.63, 3.8) is 0 Å². The van der Waals surface area contributed by atoms with Gasteiger partial charge in [0, 0.05) is 19.1 Å². The van der Waals surface area contributed by atoms with Gasteiger partial charge in [0.1, 0.15) is 0 Å². The summed E-state index contributed by atoms with van der Waals surface area (Å²) in [7, 11) is 0. The molecule has 0 aromatic carbocycles. The molecule has 2 nitrogen and oxygen atoms in total. The lowest BCUT2D eigenvalue weighted by molar-refractivity contribution is -0.148. The zero-order valence-corrected chi connectivity index (χ0v) is 10.9. The van der Waals surface area contributed by atoms with Crippen LogP contribution in [0.4, 0.5) is 13.2 Å². The molecule has 0 unspecified atom stereocenters. The molecule has 1 aliphatic carbocycles. The Hall–Kier alpha value is -0.290. The molecule has 1 N–H and O–H groups in total. The molecule has 0 radical (unpaired) electrons. The van der Waals surface area contributed by atoms with Crippen molar-refractivity contribution in [3.05, 3.63) is 0 Å². The molecule has 0 aromatic rings. The second kappa shape index (κ2) is 5.57. The first-order valence-corrected chi connectivity index (χ1v) is 6.24. The highest BCUT2D eigenvalue weighted by Crippen LogP contribution is 2.24. The van der Waals surface area contributed by atoms with E-state index in [1.54, 1.807) is 6.92 Å². The van der Waals surface area contributed by atoms with Crippen LogP contribution >= 0.6 is 0 Å². The van der Waals surface area contributed by atoms with Gasteiger partial charge in [-0.2, -0.15) is 13.2 Å². The molecule has 1 fully saturated rings. The summed E-state index contributed by atoms with van der Waals surface area (Å²) >= 11 is 0. The van der Waals surface area contributed by atoms with Crippen LogP contribution in [0, 0.1) is 5.41 Å². The maximum absolute atomic E-state index is 12.3. The van der Waals surface area contributed by atoms with Crippen molar-refractivity contribution >= 4 is 0 Å². The van der Waals surface area contributed by atoms with Gasteiger partial charge < -0.3 is 5.32 Å². The Morgan fingerprint density at radius 2 is 1.76 bits per heavy atom. The molecular formula is C12H23F3N2. The van der Waals surface area contributed by atoms with E-state index in [0.717, 1.165) is 6.54 Å². The first kappa shape index (κ1) is 14.8. The van der Waals surface area contributed by atoms with E-state index in [9.17, 15) is 13.2 Å². The van der Waals surface area contributed by atoms with Crippen molar-refractivity contribution in [3.8, 4) is 0 Å². The van der Waals surface area contributed by atoms with E-state index >= 15 is 0 Å². The highest BCUT2D eigenvalue weighted by atomic mass is 19.4. The Kier molecular flexibility index (Phi) is 4.84. The van der Waals surface area contributed by atoms with E-state index in [2.05, 4.69) is 5.32 Å². The van der Waals surface area contributed by atoms with Crippen LogP contribution in [0.1, 0.15) is 33.6 Å². The van der Waals surface area contributed by atoms with Crippen LogP contribution in [0.2, 0.25) is 0 Å². The van der Waals surface area contributed by atoms with E-state index in [1.807, 2.05) is 13.8 Å². The minimum Gasteiger partial charge on any atom is -0.313 e. The average molecular weight is 252 g/mol. The standard InChI is InChI=1S/C12H23F3N2/c1-4-17(9-12(13,14)15)8-11(2,3)7-16-10-5-6-10/h10,16H,4-9H2,1-3H3. The van der Waals surface area contributed by atoms with Gasteiger partial charge in [0.05, 0.1) is 6.54 Å². The number of halogens is 3. The molecule has 0 aliphatic heterocycles. The highest BCUT2D eigenvalue weighted by Gasteiger charge is 2.33. The third-order valence-corrected chi connectivity index (χ3v) is 2.95. The van der Waals surface area contributed by atoms with Crippen molar-refractivity contribution in [2.45, 2.75) is 45.8 Å². The Morgan fingerprint density at radius 1 is 1.18 bits per heavy atom. The van der Waals surface area contributed by atoms with E-state index in [1.165, 1.54) is 17.7 Å². The SMILES string of the molecule is CCN(CC(F)(F)F)CC(C)(C)CNC1CC1.